The first-order valence-electron chi connectivity index (χ1n) is 4.87. The van der Waals surface area contributed by atoms with Crippen LogP contribution in [-0.2, 0) is 0 Å². The highest BCUT2D eigenvalue weighted by atomic mass is 19.1. The third-order valence-electron chi connectivity index (χ3n) is 2.88. The van der Waals surface area contributed by atoms with Crippen molar-refractivity contribution in [3.8, 4) is 0 Å². The molecule has 0 amide bonds. The molecule has 1 fully saturated rings. The van der Waals surface area contributed by atoms with E-state index in [1.54, 1.807) is 0 Å². The lowest BCUT2D eigenvalue weighted by molar-refractivity contribution is 0.552. The molecule has 0 aromatic heterocycles. The molecule has 1 aromatic rings. The molecule has 0 radical (unpaired) electrons. The molecular formula is C11H13F2N. The van der Waals surface area contributed by atoms with Gasteiger partial charge in [0.15, 0.2) is 0 Å². The van der Waals surface area contributed by atoms with Gasteiger partial charge in [-0.05, 0) is 36.8 Å². The summed E-state index contributed by atoms with van der Waals surface area (Å²) in [6, 6.07) is 3.96. The molecule has 0 heterocycles. The van der Waals surface area contributed by atoms with Crippen molar-refractivity contribution in [3.05, 3.63) is 35.4 Å². The van der Waals surface area contributed by atoms with Gasteiger partial charge in [-0.1, -0.05) is 6.07 Å². The Hall–Kier alpha value is -0.960. The topological polar surface area (TPSA) is 26.0 Å². The van der Waals surface area contributed by atoms with Crippen LogP contribution in [0.15, 0.2) is 18.2 Å². The van der Waals surface area contributed by atoms with Crippen LogP contribution < -0.4 is 5.73 Å². The summed E-state index contributed by atoms with van der Waals surface area (Å²) in [7, 11) is 0. The molecule has 0 bridgehead atoms. The monoisotopic (exact) mass is 197 g/mol. The number of nitrogens with two attached hydrogens (primary N) is 1. The van der Waals surface area contributed by atoms with Gasteiger partial charge in [0.2, 0.25) is 0 Å². The molecule has 0 aliphatic heterocycles. The fraction of sp³-hybridized carbons (Fsp3) is 0.455. The standard InChI is InChI=1S/C11H13F2N/c12-8-2-4-10(11(13)6-8)7-1-3-9(14)5-7/h2,4,6-7,9H,1,3,5,14H2/t7-,9?/m0/s1. The Morgan fingerprint density at radius 2 is 2.00 bits per heavy atom. The van der Waals surface area contributed by atoms with Crippen molar-refractivity contribution in [3.63, 3.8) is 0 Å². The van der Waals surface area contributed by atoms with Crippen LogP contribution in [0, 0.1) is 11.6 Å². The van der Waals surface area contributed by atoms with Crippen LogP contribution in [0.1, 0.15) is 30.7 Å². The summed E-state index contributed by atoms with van der Waals surface area (Å²) in [4.78, 5) is 0. The molecular weight excluding hydrogens is 184 g/mol. The molecule has 1 aliphatic rings. The molecule has 1 nitrogen and oxygen atoms in total. The van der Waals surface area contributed by atoms with Crippen molar-refractivity contribution in [1.82, 2.24) is 0 Å². The van der Waals surface area contributed by atoms with Crippen molar-refractivity contribution >= 4 is 0 Å². The van der Waals surface area contributed by atoms with Crippen molar-refractivity contribution in [2.75, 3.05) is 0 Å². The lowest BCUT2D eigenvalue weighted by Crippen LogP contribution is -2.14. The summed E-state index contributed by atoms with van der Waals surface area (Å²) in [6.07, 6.45) is 2.65. The highest BCUT2D eigenvalue weighted by Gasteiger charge is 2.25. The fourth-order valence-corrected chi connectivity index (χ4v) is 2.13. The van der Waals surface area contributed by atoms with Gasteiger partial charge < -0.3 is 5.73 Å². The Kier molecular flexibility index (Phi) is 2.50. The first kappa shape index (κ1) is 9.59. The molecule has 0 spiro atoms. The van der Waals surface area contributed by atoms with E-state index in [-0.39, 0.29) is 12.0 Å². The lowest BCUT2D eigenvalue weighted by atomic mass is 9.97. The number of benzene rings is 1. The second kappa shape index (κ2) is 3.65. The van der Waals surface area contributed by atoms with Crippen molar-refractivity contribution < 1.29 is 8.78 Å². The number of hydrogen-bond acceptors (Lipinski definition) is 1. The van der Waals surface area contributed by atoms with Crippen LogP contribution in [-0.4, -0.2) is 6.04 Å². The highest BCUT2D eigenvalue weighted by molar-refractivity contribution is 5.23. The summed E-state index contributed by atoms with van der Waals surface area (Å²) in [5.41, 5.74) is 6.36. The summed E-state index contributed by atoms with van der Waals surface area (Å²) >= 11 is 0. The fourth-order valence-electron chi connectivity index (χ4n) is 2.13. The van der Waals surface area contributed by atoms with Crippen molar-refractivity contribution in [2.24, 2.45) is 5.73 Å². The van der Waals surface area contributed by atoms with Gasteiger partial charge in [-0.2, -0.15) is 0 Å². The molecule has 1 aliphatic carbocycles. The van der Waals surface area contributed by atoms with E-state index in [1.807, 2.05) is 0 Å². The molecule has 1 unspecified atom stereocenters. The zero-order chi connectivity index (χ0) is 10.1. The molecule has 0 saturated heterocycles. The molecule has 3 heteroatoms. The third-order valence-corrected chi connectivity index (χ3v) is 2.88. The SMILES string of the molecule is NC1CC[C@H](c2ccc(F)cc2F)C1. The average molecular weight is 197 g/mol. The maximum atomic E-state index is 13.3. The molecule has 76 valence electrons. The Balaban J connectivity index is 2.24. The van der Waals surface area contributed by atoms with Crippen LogP contribution in [0.4, 0.5) is 8.78 Å². The quantitative estimate of drug-likeness (QED) is 0.735. The van der Waals surface area contributed by atoms with Gasteiger partial charge in [0.1, 0.15) is 11.6 Å². The summed E-state index contributed by atoms with van der Waals surface area (Å²) in [5.74, 6) is -0.789. The Morgan fingerprint density at radius 1 is 1.21 bits per heavy atom. The summed E-state index contributed by atoms with van der Waals surface area (Å²) in [5, 5.41) is 0. The van der Waals surface area contributed by atoms with Gasteiger partial charge in [0.05, 0.1) is 0 Å². The molecule has 2 atom stereocenters. The van der Waals surface area contributed by atoms with E-state index in [0.717, 1.165) is 25.3 Å². The van der Waals surface area contributed by atoms with Crippen LogP contribution in [0.2, 0.25) is 0 Å². The van der Waals surface area contributed by atoms with Crippen LogP contribution in [0.5, 0.6) is 0 Å². The largest absolute Gasteiger partial charge is 0.328 e. The number of hydrogen-bond donors (Lipinski definition) is 1. The van der Waals surface area contributed by atoms with E-state index >= 15 is 0 Å². The smallest absolute Gasteiger partial charge is 0.129 e. The van der Waals surface area contributed by atoms with E-state index in [2.05, 4.69) is 0 Å². The predicted molar refractivity (Wildman–Crippen MR) is 50.9 cm³/mol. The lowest BCUT2D eigenvalue weighted by Gasteiger charge is -2.10. The van der Waals surface area contributed by atoms with E-state index in [0.29, 0.717) is 5.56 Å². The molecule has 2 rings (SSSR count). The maximum absolute atomic E-state index is 13.3. The van der Waals surface area contributed by atoms with Gasteiger partial charge >= 0.3 is 0 Å². The predicted octanol–water partition coefficient (Wildman–Crippen LogP) is 2.56. The van der Waals surface area contributed by atoms with Crippen LogP contribution in [0.3, 0.4) is 0 Å². The van der Waals surface area contributed by atoms with Crippen molar-refractivity contribution in [1.29, 1.82) is 0 Å². The Bertz CT molecular complexity index is 338. The zero-order valence-electron chi connectivity index (χ0n) is 7.84. The minimum atomic E-state index is -0.520. The molecule has 1 aromatic carbocycles. The Morgan fingerprint density at radius 3 is 2.57 bits per heavy atom. The van der Waals surface area contributed by atoms with Crippen LogP contribution in [0.25, 0.3) is 0 Å². The normalized spacial score (nSPS) is 26.8. The summed E-state index contributed by atoms with van der Waals surface area (Å²) < 4.78 is 26.0. The second-order valence-electron chi connectivity index (χ2n) is 3.94. The van der Waals surface area contributed by atoms with Crippen LogP contribution >= 0.6 is 0 Å². The third kappa shape index (κ3) is 1.77. The van der Waals surface area contributed by atoms with Gasteiger partial charge in [-0.25, -0.2) is 8.78 Å². The minimum Gasteiger partial charge on any atom is -0.328 e. The van der Waals surface area contributed by atoms with Gasteiger partial charge in [0, 0.05) is 12.1 Å². The molecule has 14 heavy (non-hydrogen) atoms. The van der Waals surface area contributed by atoms with Gasteiger partial charge in [0.25, 0.3) is 0 Å². The van der Waals surface area contributed by atoms with Gasteiger partial charge in [-0.15, -0.1) is 0 Å². The number of halogens is 2. The Labute approximate surface area is 81.9 Å². The zero-order valence-corrected chi connectivity index (χ0v) is 7.84. The van der Waals surface area contributed by atoms with Gasteiger partial charge in [-0.3, -0.25) is 0 Å². The van der Waals surface area contributed by atoms with E-state index < -0.39 is 11.6 Å². The van der Waals surface area contributed by atoms with E-state index in [4.69, 9.17) is 5.73 Å². The van der Waals surface area contributed by atoms with Crippen molar-refractivity contribution in [2.45, 2.75) is 31.2 Å². The molecule has 2 N–H and O–H groups in total. The second-order valence-corrected chi connectivity index (χ2v) is 3.94. The minimum absolute atomic E-state index is 0.171. The van der Waals surface area contributed by atoms with E-state index in [9.17, 15) is 8.78 Å². The highest BCUT2D eigenvalue weighted by Crippen LogP contribution is 2.34. The average Bonchev–Trinajstić information content (AvgIpc) is 2.51. The maximum Gasteiger partial charge on any atom is 0.129 e. The van der Waals surface area contributed by atoms with E-state index in [1.165, 1.54) is 12.1 Å². The number of rotatable bonds is 1. The molecule has 1 saturated carbocycles. The first-order valence-corrected chi connectivity index (χ1v) is 4.87. The first-order chi connectivity index (χ1) is 6.66. The summed E-state index contributed by atoms with van der Waals surface area (Å²) in [6.45, 7) is 0.